The molecule has 0 unspecified atom stereocenters. The summed E-state index contributed by atoms with van der Waals surface area (Å²) in [4.78, 5) is 8.87. The third kappa shape index (κ3) is 4.18. The molecule has 114 valence electrons. The number of nitrogens with one attached hydrogen (secondary N) is 2. The third-order valence-electron chi connectivity index (χ3n) is 3.30. The summed E-state index contributed by atoms with van der Waals surface area (Å²) in [6, 6.07) is 4.03. The lowest BCUT2D eigenvalue weighted by Gasteiger charge is -2.09. The average Bonchev–Trinajstić information content (AvgIpc) is 2.81. The molecule has 6 nitrogen and oxygen atoms in total. The largest absolute Gasteiger partial charge is 0.373 e. The van der Waals surface area contributed by atoms with Gasteiger partial charge in [0.1, 0.15) is 17.5 Å². The number of hydrogen-bond donors (Lipinski definition) is 2. The molecule has 2 aromatic heterocycles. The van der Waals surface area contributed by atoms with Crippen LogP contribution < -0.4 is 10.6 Å². The third-order valence-corrected chi connectivity index (χ3v) is 3.30. The van der Waals surface area contributed by atoms with E-state index in [-0.39, 0.29) is 0 Å². The molecule has 0 amide bonds. The molecule has 0 aliphatic rings. The van der Waals surface area contributed by atoms with E-state index in [0.29, 0.717) is 0 Å². The van der Waals surface area contributed by atoms with E-state index in [9.17, 15) is 0 Å². The van der Waals surface area contributed by atoms with E-state index >= 15 is 0 Å². The van der Waals surface area contributed by atoms with Gasteiger partial charge in [-0.15, -0.1) is 0 Å². The van der Waals surface area contributed by atoms with E-state index in [1.54, 1.807) is 0 Å². The lowest BCUT2D eigenvalue weighted by Crippen LogP contribution is -2.11. The number of anilines is 2. The molecule has 2 rings (SSSR count). The number of hydrogen-bond acceptors (Lipinski definition) is 5. The topological polar surface area (TPSA) is 67.7 Å². The van der Waals surface area contributed by atoms with E-state index in [0.717, 1.165) is 49.1 Å². The van der Waals surface area contributed by atoms with E-state index in [2.05, 4.69) is 45.6 Å². The highest BCUT2D eigenvalue weighted by Gasteiger charge is 2.03. The van der Waals surface area contributed by atoms with Crippen LogP contribution in [0.2, 0.25) is 0 Å². The summed E-state index contributed by atoms with van der Waals surface area (Å²) in [7, 11) is 1.87. The van der Waals surface area contributed by atoms with Crippen LogP contribution in [0.5, 0.6) is 0 Å². The van der Waals surface area contributed by atoms with Gasteiger partial charge in [0, 0.05) is 38.3 Å². The van der Waals surface area contributed by atoms with Crippen LogP contribution in [0.25, 0.3) is 0 Å². The Morgan fingerprint density at radius 2 is 1.90 bits per heavy atom. The number of rotatable bonds is 7. The Morgan fingerprint density at radius 1 is 1.14 bits per heavy atom. The second-order valence-corrected chi connectivity index (χ2v) is 5.09. The highest BCUT2D eigenvalue weighted by molar-refractivity contribution is 5.47. The minimum absolute atomic E-state index is 0.829. The van der Waals surface area contributed by atoms with E-state index in [4.69, 9.17) is 0 Å². The molecule has 0 aromatic carbocycles. The molecule has 0 atom stereocenters. The van der Waals surface area contributed by atoms with Crippen molar-refractivity contribution in [2.45, 2.75) is 40.2 Å². The van der Waals surface area contributed by atoms with Crippen molar-refractivity contribution in [2.24, 2.45) is 0 Å². The van der Waals surface area contributed by atoms with Crippen molar-refractivity contribution in [3.63, 3.8) is 0 Å². The summed E-state index contributed by atoms with van der Waals surface area (Å²) < 4.78 is 2.05. The summed E-state index contributed by atoms with van der Waals surface area (Å²) in [5, 5.41) is 10.9. The zero-order valence-corrected chi connectivity index (χ0v) is 13.3. The molecule has 0 fully saturated rings. The smallest absolute Gasteiger partial charge is 0.132 e. The van der Waals surface area contributed by atoms with Gasteiger partial charge in [0.25, 0.3) is 0 Å². The first-order valence-electron chi connectivity index (χ1n) is 7.43. The Bertz CT molecular complexity index is 568. The van der Waals surface area contributed by atoms with Gasteiger partial charge in [-0.05, 0) is 26.3 Å². The fourth-order valence-corrected chi connectivity index (χ4v) is 2.22. The van der Waals surface area contributed by atoms with Crippen molar-refractivity contribution >= 4 is 11.6 Å². The fourth-order valence-electron chi connectivity index (χ4n) is 2.22. The Hall–Kier alpha value is -2.11. The zero-order chi connectivity index (χ0) is 15.2. The Morgan fingerprint density at radius 3 is 2.52 bits per heavy atom. The minimum atomic E-state index is 0.829. The lowest BCUT2D eigenvalue weighted by molar-refractivity contribution is 0.573. The first-order valence-corrected chi connectivity index (χ1v) is 7.43. The van der Waals surface area contributed by atoms with Crippen molar-refractivity contribution in [3.05, 3.63) is 29.3 Å². The maximum Gasteiger partial charge on any atom is 0.132 e. The van der Waals surface area contributed by atoms with Gasteiger partial charge < -0.3 is 10.6 Å². The Kier molecular flexibility index (Phi) is 5.14. The van der Waals surface area contributed by atoms with Crippen LogP contribution in [0, 0.1) is 13.8 Å². The maximum absolute atomic E-state index is 4.48. The molecular weight excluding hydrogens is 264 g/mol. The highest BCUT2D eigenvalue weighted by Crippen LogP contribution is 2.11. The van der Waals surface area contributed by atoms with Crippen LogP contribution in [0.1, 0.15) is 30.6 Å². The van der Waals surface area contributed by atoms with Gasteiger partial charge in [0.2, 0.25) is 0 Å². The first kappa shape index (κ1) is 15.3. The van der Waals surface area contributed by atoms with Crippen molar-refractivity contribution < 1.29 is 0 Å². The average molecular weight is 288 g/mol. The normalized spacial score (nSPS) is 10.7. The highest BCUT2D eigenvalue weighted by atomic mass is 15.3. The van der Waals surface area contributed by atoms with Crippen LogP contribution in [0.15, 0.2) is 12.1 Å². The van der Waals surface area contributed by atoms with Crippen molar-refractivity contribution in [3.8, 4) is 0 Å². The van der Waals surface area contributed by atoms with Crippen molar-refractivity contribution in [2.75, 3.05) is 24.2 Å². The SMILES string of the molecule is CCc1nc(NC)cc(NCCCn2nc(C)cc2C)n1. The van der Waals surface area contributed by atoms with Crippen molar-refractivity contribution in [1.82, 2.24) is 19.7 Å². The van der Waals surface area contributed by atoms with Crippen molar-refractivity contribution in [1.29, 1.82) is 0 Å². The summed E-state index contributed by atoms with van der Waals surface area (Å²) in [5.41, 5.74) is 2.28. The Balaban J connectivity index is 1.87. The Labute approximate surface area is 126 Å². The summed E-state index contributed by atoms with van der Waals surface area (Å²) >= 11 is 0. The quantitative estimate of drug-likeness (QED) is 0.766. The van der Waals surface area contributed by atoms with Crippen LogP contribution in [-0.4, -0.2) is 33.3 Å². The van der Waals surface area contributed by atoms with Gasteiger partial charge in [-0.3, -0.25) is 4.68 Å². The summed E-state index contributed by atoms with van der Waals surface area (Å²) in [6.45, 7) is 7.94. The predicted octanol–water partition coefficient (Wildman–Crippen LogP) is 2.40. The monoisotopic (exact) mass is 288 g/mol. The first-order chi connectivity index (χ1) is 10.1. The van der Waals surface area contributed by atoms with Crippen LogP contribution in [-0.2, 0) is 13.0 Å². The molecule has 0 aliphatic carbocycles. The van der Waals surface area contributed by atoms with Crippen LogP contribution in [0.4, 0.5) is 11.6 Å². The van der Waals surface area contributed by atoms with Gasteiger partial charge in [0.15, 0.2) is 0 Å². The lowest BCUT2D eigenvalue weighted by atomic mass is 10.3. The maximum atomic E-state index is 4.48. The molecule has 0 saturated heterocycles. The van der Waals surface area contributed by atoms with E-state index in [1.165, 1.54) is 5.69 Å². The molecule has 0 bridgehead atoms. The predicted molar refractivity (Wildman–Crippen MR) is 85.8 cm³/mol. The fraction of sp³-hybridized carbons (Fsp3) is 0.533. The van der Waals surface area contributed by atoms with Gasteiger partial charge >= 0.3 is 0 Å². The minimum Gasteiger partial charge on any atom is -0.373 e. The number of aryl methyl sites for hydroxylation is 4. The number of nitrogens with zero attached hydrogens (tertiary/aromatic N) is 4. The summed E-state index contributed by atoms with van der Waals surface area (Å²) in [5.74, 6) is 2.57. The second-order valence-electron chi connectivity index (χ2n) is 5.09. The molecule has 2 heterocycles. The molecule has 2 N–H and O–H groups in total. The second kappa shape index (κ2) is 7.06. The molecule has 6 heteroatoms. The molecule has 0 aliphatic heterocycles. The summed E-state index contributed by atoms with van der Waals surface area (Å²) in [6.07, 6.45) is 1.83. The molecule has 2 aromatic rings. The molecule has 0 saturated carbocycles. The molecular formula is C15H24N6. The van der Waals surface area contributed by atoms with Gasteiger partial charge in [-0.25, -0.2) is 9.97 Å². The zero-order valence-electron chi connectivity index (χ0n) is 13.3. The molecule has 0 spiro atoms. The van der Waals surface area contributed by atoms with E-state index in [1.807, 2.05) is 24.7 Å². The van der Waals surface area contributed by atoms with Gasteiger partial charge in [0.05, 0.1) is 5.69 Å². The van der Waals surface area contributed by atoms with E-state index < -0.39 is 0 Å². The molecule has 0 radical (unpaired) electrons. The molecule has 21 heavy (non-hydrogen) atoms. The number of aromatic nitrogens is 4. The van der Waals surface area contributed by atoms with Crippen LogP contribution in [0.3, 0.4) is 0 Å². The van der Waals surface area contributed by atoms with Gasteiger partial charge in [-0.2, -0.15) is 5.10 Å². The van der Waals surface area contributed by atoms with Crippen LogP contribution >= 0.6 is 0 Å². The van der Waals surface area contributed by atoms with Gasteiger partial charge in [-0.1, -0.05) is 6.92 Å². The standard InChI is InChI=1S/C15H24N6/c1-5-13-18-14(16-4)10-15(19-13)17-7-6-8-21-12(3)9-11(2)20-21/h9-10H,5-8H2,1-4H3,(H2,16,17,18,19).